The highest BCUT2D eigenvalue weighted by Gasteiger charge is 2.19. The highest BCUT2D eigenvalue weighted by atomic mass is 16.3. The van der Waals surface area contributed by atoms with Gasteiger partial charge in [0.25, 0.3) is 0 Å². The van der Waals surface area contributed by atoms with Crippen molar-refractivity contribution in [3.05, 3.63) is 211 Å². The summed E-state index contributed by atoms with van der Waals surface area (Å²) in [6, 6.07) is 52.8. The first-order valence-corrected chi connectivity index (χ1v) is 18.1. The average molecular weight is 693 g/mol. The molecule has 0 aliphatic rings. The highest BCUT2D eigenvalue weighted by Crippen LogP contribution is 2.39. The van der Waals surface area contributed by atoms with Gasteiger partial charge in [-0.25, -0.2) is 0 Å². The number of hydrogen-bond acceptors (Lipinski definition) is 2. The molecule has 0 N–H and O–H groups in total. The Balaban J connectivity index is 1.05. The number of fused-ring (bicyclic) bond motifs is 10. The topological polar surface area (TPSA) is 26.3 Å². The molecule has 0 unspecified atom stereocenters. The van der Waals surface area contributed by atoms with E-state index < -0.39 is 0 Å². The van der Waals surface area contributed by atoms with Gasteiger partial charge >= 0.3 is 0 Å². The van der Waals surface area contributed by atoms with Gasteiger partial charge in [0.15, 0.2) is 0 Å². The van der Waals surface area contributed by atoms with E-state index in [2.05, 4.69) is 147 Å². The van der Waals surface area contributed by atoms with Gasteiger partial charge in [0.2, 0.25) is 0 Å². The Morgan fingerprint density at radius 1 is 0.481 bits per heavy atom. The molecule has 0 radical (unpaired) electrons. The van der Waals surface area contributed by atoms with E-state index in [4.69, 9.17) is 8.83 Å². The minimum atomic E-state index is 0.625. The maximum absolute atomic E-state index is 6.42. The predicted molar refractivity (Wildman–Crippen MR) is 231 cm³/mol. The third-order valence-corrected chi connectivity index (χ3v) is 10.1. The third kappa shape index (κ3) is 5.90. The van der Waals surface area contributed by atoms with Crippen molar-refractivity contribution < 1.29 is 8.83 Å². The molecule has 7 aromatic carbocycles. The second-order valence-corrected chi connectivity index (χ2v) is 13.3. The maximum Gasteiger partial charge on any atom is 0.144 e. The zero-order valence-corrected chi connectivity index (χ0v) is 29.7. The van der Waals surface area contributed by atoms with E-state index in [-0.39, 0.29) is 0 Å². The predicted octanol–water partition coefficient (Wildman–Crippen LogP) is 13.2. The molecule has 0 aliphatic heterocycles. The molecule has 9 rings (SSSR count). The normalized spacial score (nSPS) is 12.5. The number of benzene rings is 6. The average Bonchev–Trinajstić information content (AvgIpc) is 3.76. The number of hydrogen-bond donors (Lipinski definition) is 0. The van der Waals surface area contributed by atoms with Crippen LogP contribution < -0.4 is 10.6 Å². The molecule has 9 aromatic rings. The summed E-state index contributed by atoms with van der Waals surface area (Å²) in [5.41, 5.74) is 7.50. The minimum Gasteiger partial charge on any atom is -0.456 e. The van der Waals surface area contributed by atoms with E-state index >= 15 is 0 Å². The van der Waals surface area contributed by atoms with Gasteiger partial charge in [-0.1, -0.05) is 195 Å². The first kappa shape index (κ1) is 32.7. The van der Waals surface area contributed by atoms with E-state index in [0.29, 0.717) is 5.42 Å². The Kier molecular flexibility index (Phi) is 8.55. The Morgan fingerprint density at radius 3 is 1.91 bits per heavy atom. The number of para-hydroxylation sites is 1. The maximum atomic E-state index is 6.42. The minimum absolute atomic E-state index is 0.625. The number of rotatable bonds is 6. The van der Waals surface area contributed by atoms with Crippen LogP contribution in [0.1, 0.15) is 5.56 Å². The van der Waals surface area contributed by atoms with E-state index in [1.54, 1.807) is 0 Å². The summed E-state index contributed by atoms with van der Waals surface area (Å²) in [5, 5.41) is 10.9. The van der Waals surface area contributed by atoms with E-state index in [0.717, 1.165) is 76.4 Å². The molecule has 54 heavy (non-hydrogen) atoms. The smallest absolute Gasteiger partial charge is 0.144 e. The van der Waals surface area contributed by atoms with Crippen molar-refractivity contribution in [2.75, 3.05) is 0 Å². The van der Waals surface area contributed by atoms with Crippen LogP contribution in [0.25, 0.3) is 94.6 Å². The molecular formula is C52H36O2. The van der Waals surface area contributed by atoms with Crippen molar-refractivity contribution in [1.82, 2.24) is 0 Å². The van der Waals surface area contributed by atoms with Crippen molar-refractivity contribution in [3.63, 3.8) is 0 Å². The molecule has 256 valence electrons. The summed E-state index contributed by atoms with van der Waals surface area (Å²) >= 11 is 0. The molecule has 0 bridgehead atoms. The Bertz CT molecular complexity index is 3200. The zero-order chi connectivity index (χ0) is 36.4. The van der Waals surface area contributed by atoms with E-state index in [1.807, 2.05) is 60.7 Å². The van der Waals surface area contributed by atoms with Gasteiger partial charge in [0.05, 0.1) is 0 Å². The molecule has 0 spiro atoms. The molecule has 0 aliphatic carbocycles. The summed E-state index contributed by atoms with van der Waals surface area (Å²) < 4.78 is 12.8. The third-order valence-electron chi connectivity index (χ3n) is 10.1. The Morgan fingerprint density at radius 2 is 1.09 bits per heavy atom. The van der Waals surface area contributed by atoms with Gasteiger partial charge in [0, 0.05) is 32.1 Å². The molecule has 0 saturated carbocycles. The molecule has 0 saturated heterocycles. The van der Waals surface area contributed by atoms with Crippen molar-refractivity contribution in [2.24, 2.45) is 0 Å². The van der Waals surface area contributed by atoms with Crippen molar-refractivity contribution in [1.29, 1.82) is 0 Å². The SMILES string of the molecule is C=C(\C=C/C=C/C=C/C=c1\c(=C)oc2c3ccccc3c3oc4ccccc4c3c12)c1ccccccc(-c2ccc3ccccc3c2)c2ccccc12. The Hall–Kier alpha value is -7.16. The fourth-order valence-corrected chi connectivity index (χ4v) is 7.53. The molecule has 2 aromatic heterocycles. The molecule has 2 heterocycles. The summed E-state index contributed by atoms with van der Waals surface area (Å²) in [6.07, 6.45) is 14.3. The van der Waals surface area contributed by atoms with Crippen molar-refractivity contribution in [2.45, 2.75) is 0 Å². The quantitative estimate of drug-likeness (QED) is 0.162. The molecule has 0 fully saturated rings. The number of furan rings is 2. The molecule has 0 atom stereocenters. The van der Waals surface area contributed by atoms with Crippen LogP contribution in [0.3, 0.4) is 0 Å². The van der Waals surface area contributed by atoms with Crippen LogP contribution in [0.15, 0.2) is 204 Å². The summed E-state index contributed by atoms with van der Waals surface area (Å²) in [7, 11) is 0. The second kappa shape index (κ2) is 14.1. The van der Waals surface area contributed by atoms with Crippen molar-refractivity contribution >= 4 is 83.5 Å². The van der Waals surface area contributed by atoms with Gasteiger partial charge in [-0.3, -0.25) is 0 Å². The van der Waals surface area contributed by atoms with Crippen LogP contribution in [0.5, 0.6) is 0 Å². The van der Waals surface area contributed by atoms with Gasteiger partial charge in [-0.2, -0.15) is 0 Å². The van der Waals surface area contributed by atoms with Crippen LogP contribution in [0.4, 0.5) is 0 Å². The van der Waals surface area contributed by atoms with Crippen LogP contribution in [0.2, 0.25) is 0 Å². The monoisotopic (exact) mass is 692 g/mol. The molecule has 2 heteroatoms. The molecular weight excluding hydrogens is 657 g/mol. The van der Waals surface area contributed by atoms with Gasteiger partial charge in [-0.15, -0.1) is 0 Å². The standard InChI is InChI=1S/C52H36O2/c1-35(40-23-9-6-7-11-25-42(44-27-15-14-26-43(40)44)39-33-32-37-21-12-13-22-38(37)34-39)20-8-4-3-5-10-24-41-36(2)53-51-45-28-16-17-29-46(45)52-50(49(41)51)47-30-18-19-31-48(47)54-52/h3-34H,1-2H2/b4-3+,7-6?,9-6?,10-5+,11-7?,20-8-,23-9?,25-11?,40-23?,41-24+,42-25?,43-40?,44-42?. The largest absolute Gasteiger partial charge is 0.456 e. The lowest BCUT2D eigenvalue weighted by Gasteiger charge is -2.10. The van der Waals surface area contributed by atoms with Crippen LogP contribution in [0, 0.1) is 0 Å². The fourth-order valence-electron chi connectivity index (χ4n) is 7.53. The molecule has 0 amide bonds. The van der Waals surface area contributed by atoms with Gasteiger partial charge in [-0.05, 0) is 55.9 Å². The van der Waals surface area contributed by atoms with Gasteiger partial charge < -0.3 is 8.83 Å². The lowest BCUT2D eigenvalue weighted by molar-refractivity contribution is 0.580. The van der Waals surface area contributed by atoms with Crippen LogP contribution >= 0.6 is 0 Å². The van der Waals surface area contributed by atoms with Gasteiger partial charge in [0.1, 0.15) is 22.2 Å². The summed E-state index contributed by atoms with van der Waals surface area (Å²) in [5.74, 6) is 0. The van der Waals surface area contributed by atoms with Crippen LogP contribution in [-0.4, -0.2) is 0 Å². The fraction of sp³-hybridized carbons (Fsp3) is 0. The van der Waals surface area contributed by atoms with Crippen molar-refractivity contribution in [3.8, 4) is 11.1 Å². The summed E-state index contributed by atoms with van der Waals surface area (Å²) in [6.45, 7) is 8.79. The van der Waals surface area contributed by atoms with E-state index in [9.17, 15) is 0 Å². The van der Waals surface area contributed by atoms with E-state index in [1.165, 1.54) is 16.3 Å². The molecule has 2 nitrogen and oxygen atoms in total. The first-order chi connectivity index (χ1) is 26.7. The van der Waals surface area contributed by atoms with Crippen LogP contribution in [-0.2, 0) is 0 Å². The lowest BCUT2D eigenvalue weighted by atomic mass is 9.94. The summed E-state index contributed by atoms with van der Waals surface area (Å²) in [4.78, 5) is 0. The highest BCUT2D eigenvalue weighted by molar-refractivity contribution is 6.29. The zero-order valence-electron chi connectivity index (χ0n) is 29.7. The first-order valence-electron chi connectivity index (χ1n) is 18.1. The second-order valence-electron chi connectivity index (χ2n) is 13.3. The lowest BCUT2D eigenvalue weighted by Crippen LogP contribution is -2.17. The number of allylic oxidation sites excluding steroid dienone is 7. The Labute approximate surface area is 313 Å².